The van der Waals surface area contributed by atoms with E-state index in [9.17, 15) is 14.7 Å². The number of nitrogens with zero attached hydrogens (tertiary/aromatic N) is 1. The second-order valence-electron chi connectivity index (χ2n) is 4.59. The molecule has 1 aromatic heterocycles. The van der Waals surface area contributed by atoms with Crippen molar-refractivity contribution in [1.82, 2.24) is 4.98 Å². The molecule has 5 nitrogen and oxygen atoms in total. The van der Waals surface area contributed by atoms with Crippen molar-refractivity contribution >= 4 is 33.5 Å². The summed E-state index contributed by atoms with van der Waals surface area (Å²) in [5.41, 5.74) is 1.90. The summed E-state index contributed by atoms with van der Waals surface area (Å²) in [5.74, 6) is -1.34. The Hall–Kier alpha value is -2.08. The highest BCUT2D eigenvalue weighted by Gasteiger charge is 2.38. The highest BCUT2D eigenvalue weighted by atomic mass is 79.9. The van der Waals surface area contributed by atoms with E-state index in [-0.39, 0.29) is 5.91 Å². The van der Waals surface area contributed by atoms with E-state index in [2.05, 4.69) is 20.9 Å². The summed E-state index contributed by atoms with van der Waals surface area (Å²) in [4.78, 5) is 28.1. The molecule has 0 saturated heterocycles. The number of hydrogen-bond acceptors (Lipinski definition) is 2. The topological polar surface area (TPSA) is 73.4 Å². The molecule has 2 N–H and O–H groups in total. The summed E-state index contributed by atoms with van der Waals surface area (Å²) in [6, 6.07) is 8.05. The number of nitrogens with one attached hydrogen (secondary N) is 1. The van der Waals surface area contributed by atoms with E-state index in [1.807, 2.05) is 12.1 Å². The minimum absolute atomic E-state index is 0.332. The highest BCUT2D eigenvalue weighted by molar-refractivity contribution is 9.10. The van der Waals surface area contributed by atoms with Gasteiger partial charge in [-0.2, -0.15) is 0 Å². The van der Waals surface area contributed by atoms with Crippen molar-refractivity contribution in [3.8, 4) is 0 Å². The summed E-state index contributed by atoms with van der Waals surface area (Å²) >= 11 is 3.27. The van der Waals surface area contributed by atoms with Crippen LogP contribution in [0.1, 0.15) is 16.1 Å². The summed E-state index contributed by atoms with van der Waals surface area (Å²) in [7, 11) is 0. The van der Waals surface area contributed by atoms with Crippen LogP contribution in [0, 0.1) is 0 Å². The summed E-state index contributed by atoms with van der Waals surface area (Å²) in [6.45, 7) is 0. The number of aromatic amines is 1. The van der Waals surface area contributed by atoms with Gasteiger partial charge in [0.1, 0.15) is 11.7 Å². The normalized spacial score (nSPS) is 17.1. The van der Waals surface area contributed by atoms with Gasteiger partial charge >= 0.3 is 5.97 Å². The first-order valence-electron chi connectivity index (χ1n) is 6.06. The molecular formula is C14H11BrN2O3. The Bertz CT molecular complexity index is 695. The number of carboxylic acid groups (broad SMARTS) is 1. The second-order valence-corrected chi connectivity index (χ2v) is 5.51. The minimum Gasteiger partial charge on any atom is -0.480 e. The van der Waals surface area contributed by atoms with Crippen molar-refractivity contribution in [2.45, 2.75) is 12.5 Å². The summed E-state index contributed by atoms with van der Waals surface area (Å²) in [5, 5.41) is 9.34. The van der Waals surface area contributed by atoms with Crippen LogP contribution in [0.15, 0.2) is 41.0 Å². The van der Waals surface area contributed by atoms with Crippen LogP contribution in [-0.2, 0) is 11.2 Å². The van der Waals surface area contributed by atoms with Crippen molar-refractivity contribution in [3.05, 3.63) is 52.3 Å². The third kappa shape index (κ3) is 2.02. The first-order chi connectivity index (χ1) is 9.58. The van der Waals surface area contributed by atoms with Gasteiger partial charge in [0.15, 0.2) is 0 Å². The lowest BCUT2D eigenvalue weighted by Gasteiger charge is -2.21. The fourth-order valence-corrected chi connectivity index (χ4v) is 2.80. The SMILES string of the molecule is O=C(O)C1Cc2ccccc2N1C(=O)c1cc(Br)c[nH]1. The number of hydrogen-bond donors (Lipinski definition) is 2. The molecule has 1 amide bonds. The quantitative estimate of drug-likeness (QED) is 0.885. The summed E-state index contributed by atoms with van der Waals surface area (Å²) in [6.07, 6.45) is 1.98. The van der Waals surface area contributed by atoms with E-state index in [1.165, 1.54) is 4.90 Å². The molecule has 1 unspecified atom stereocenters. The molecule has 0 saturated carbocycles. The Morgan fingerprint density at radius 2 is 2.10 bits per heavy atom. The van der Waals surface area contributed by atoms with Gasteiger partial charge in [0, 0.05) is 22.8 Å². The molecule has 0 fully saturated rings. The molecule has 20 heavy (non-hydrogen) atoms. The number of benzene rings is 1. The van der Waals surface area contributed by atoms with Gasteiger partial charge in [-0.1, -0.05) is 18.2 Å². The lowest BCUT2D eigenvalue weighted by atomic mass is 10.1. The second kappa shape index (κ2) is 4.79. The van der Waals surface area contributed by atoms with E-state index in [1.54, 1.807) is 24.4 Å². The van der Waals surface area contributed by atoms with Gasteiger partial charge < -0.3 is 10.1 Å². The van der Waals surface area contributed by atoms with Crippen molar-refractivity contribution in [2.24, 2.45) is 0 Å². The number of rotatable bonds is 2. The van der Waals surface area contributed by atoms with Gasteiger partial charge in [-0.15, -0.1) is 0 Å². The largest absolute Gasteiger partial charge is 0.480 e. The number of halogens is 1. The van der Waals surface area contributed by atoms with Gasteiger partial charge in [0.05, 0.1) is 0 Å². The van der Waals surface area contributed by atoms with Crippen LogP contribution in [0.4, 0.5) is 5.69 Å². The standard InChI is InChI=1S/C14H11BrN2O3/c15-9-6-10(16-7-9)13(18)17-11-4-2-1-3-8(11)5-12(17)14(19)20/h1-4,6-7,12,16H,5H2,(H,19,20). The molecule has 2 aromatic rings. The third-order valence-corrected chi connectivity index (χ3v) is 3.82. The number of amides is 1. The molecule has 6 heteroatoms. The van der Waals surface area contributed by atoms with Crippen molar-refractivity contribution in [3.63, 3.8) is 0 Å². The van der Waals surface area contributed by atoms with E-state index < -0.39 is 12.0 Å². The van der Waals surface area contributed by atoms with Crippen LogP contribution >= 0.6 is 15.9 Å². The van der Waals surface area contributed by atoms with Gasteiger partial charge in [0.2, 0.25) is 0 Å². The fraction of sp³-hybridized carbons (Fsp3) is 0.143. The van der Waals surface area contributed by atoms with Crippen LogP contribution in [0.3, 0.4) is 0 Å². The first-order valence-corrected chi connectivity index (χ1v) is 6.85. The first kappa shape index (κ1) is 12.9. The lowest BCUT2D eigenvalue weighted by Crippen LogP contribution is -2.43. The van der Waals surface area contributed by atoms with E-state index in [4.69, 9.17) is 0 Å². The van der Waals surface area contributed by atoms with E-state index in [0.717, 1.165) is 10.0 Å². The van der Waals surface area contributed by atoms with Gasteiger partial charge in [-0.25, -0.2) is 4.79 Å². The molecule has 0 bridgehead atoms. The third-order valence-electron chi connectivity index (χ3n) is 3.36. The Labute approximate surface area is 123 Å². The highest BCUT2D eigenvalue weighted by Crippen LogP contribution is 2.33. The van der Waals surface area contributed by atoms with Crippen LogP contribution in [0.25, 0.3) is 0 Å². The average molecular weight is 335 g/mol. The summed E-state index contributed by atoms with van der Waals surface area (Å²) < 4.78 is 0.750. The molecule has 2 heterocycles. The van der Waals surface area contributed by atoms with Gasteiger partial charge in [-0.3, -0.25) is 9.69 Å². The van der Waals surface area contributed by atoms with Crippen LogP contribution in [0.2, 0.25) is 0 Å². The lowest BCUT2D eigenvalue weighted by molar-refractivity contribution is -0.138. The van der Waals surface area contributed by atoms with E-state index >= 15 is 0 Å². The molecule has 1 aliphatic rings. The van der Waals surface area contributed by atoms with Crippen LogP contribution in [-0.4, -0.2) is 28.0 Å². The number of para-hydroxylation sites is 1. The number of anilines is 1. The van der Waals surface area contributed by atoms with Crippen molar-refractivity contribution in [1.29, 1.82) is 0 Å². The zero-order chi connectivity index (χ0) is 14.3. The number of aromatic nitrogens is 1. The molecule has 0 spiro atoms. The van der Waals surface area contributed by atoms with Crippen LogP contribution < -0.4 is 4.90 Å². The Kier molecular flexibility index (Phi) is 3.10. The molecule has 0 radical (unpaired) electrons. The molecule has 1 atom stereocenters. The predicted molar refractivity (Wildman–Crippen MR) is 76.9 cm³/mol. The molecule has 3 rings (SSSR count). The number of carbonyl (C=O) groups is 2. The fourth-order valence-electron chi connectivity index (χ4n) is 2.46. The molecule has 1 aromatic carbocycles. The Morgan fingerprint density at radius 1 is 1.35 bits per heavy atom. The van der Waals surface area contributed by atoms with Crippen LogP contribution in [0.5, 0.6) is 0 Å². The monoisotopic (exact) mass is 334 g/mol. The van der Waals surface area contributed by atoms with Gasteiger partial charge in [0.25, 0.3) is 5.91 Å². The van der Waals surface area contributed by atoms with E-state index in [0.29, 0.717) is 17.8 Å². The number of carboxylic acids is 1. The molecule has 1 aliphatic heterocycles. The average Bonchev–Trinajstić information content (AvgIpc) is 3.01. The zero-order valence-electron chi connectivity index (χ0n) is 10.3. The Balaban J connectivity index is 2.04. The minimum atomic E-state index is -1.000. The number of fused-ring (bicyclic) bond motifs is 1. The maximum atomic E-state index is 12.5. The maximum Gasteiger partial charge on any atom is 0.327 e. The number of aliphatic carboxylic acids is 1. The van der Waals surface area contributed by atoms with Gasteiger partial charge in [-0.05, 0) is 33.6 Å². The zero-order valence-corrected chi connectivity index (χ0v) is 11.9. The maximum absolute atomic E-state index is 12.5. The van der Waals surface area contributed by atoms with Crippen molar-refractivity contribution < 1.29 is 14.7 Å². The smallest absolute Gasteiger partial charge is 0.327 e. The molecule has 102 valence electrons. The number of carbonyl (C=O) groups excluding carboxylic acids is 1. The Morgan fingerprint density at radius 3 is 2.75 bits per heavy atom. The molecular weight excluding hydrogens is 324 g/mol. The van der Waals surface area contributed by atoms with Crippen molar-refractivity contribution in [2.75, 3.05) is 4.90 Å². The molecule has 0 aliphatic carbocycles. The number of H-pyrrole nitrogens is 1. The predicted octanol–water partition coefficient (Wildman–Crippen LogP) is 2.43.